The van der Waals surface area contributed by atoms with Gasteiger partial charge in [0.15, 0.2) is 5.96 Å². The van der Waals surface area contributed by atoms with Crippen LogP contribution in [-0.4, -0.2) is 56.0 Å². The third-order valence-corrected chi connectivity index (χ3v) is 4.59. The van der Waals surface area contributed by atoms with E-state index < -0.39 is 0 Å². The molecule has 3 amide bonds. The molecule has 1 aliphatic carbocycles. The smallest absolute Gasteiger partial charge is 0.324 e. The summed E-state index contributed by atoms with van der Waals surface area (Å²) in [6, 6.07) is -0.313. The second-order valence-electron chi connectivity index (χ2n) is 6.28. The molecule has 1 saturated carbocycles. The molecule has 24 heavy (non-hydrogen) atoms. The molecule has 0 aromatic carbocycles. The molecular formula is C16H30IN5O2. The van der Waals surface area contributed by atoms with Crippen molar-refractivity contribution in [1.82, 2.24) is 20.9 Å². The van der Waals surface area contributed by atoms with E-state index in [0.717, 1.165) is 24.8 Å². The number of urea groups is 1. The van der Waals surface area contributed by atoms with E-state index in [9.17, 15) is 9.59 Å². The Labute approximate surface area is 161 Å². The minimum atomic E-state index is -0.313. The largest absolute Gasteiger partial charge is 0.356 e. The van der Waals surface area contributed by atoms with E-state index in [2.05, 4.69) is 20.9 Å². The summed E-state index contributed by atoms with van der Waals surface area (Å²) in [6.45, 7) is 1.86. The van der Waals surface area contributed by atoms with Crippen molar-refractivity contribution in [3.63, 3.8) is 0 Å². The van der Waals surface area contributed by atoms with Gasteiger partial charge in [-0.3, -0.25) is 14.7 Å². The van der Waals surface area contributed by atoms with Crippen LogP contribution in [0.2, 0.25) is 0 Å². The van der Waals surface area contributed by atoms with Gasteiger partial charge in [-0.1, -0.05) is 38.5 Å². The molecule has 1 heterocycles. The first-order valence-corrected chi connectivity index (χ1v) is 8.73. The molecule has 8 heteroatoms. The molecule has 7 nitrogen and oxygen atoms in total. The molecule has 3 N–H and O–H groups in total. The summed E-state index contributed by atoms with van der Waals surface area (Å²) in [6.07, 6.45) is 9.41. The highest BCUT2D eigenvalue weighted by Crippen LogP contribution is 2.28. The Kier molecular flexibility index (Phi) is 10.0. The normalized spacial score (nSPS) is 18.5. The highest BCUT2D eigenvalue weighted by Gasteiger charge is 2.27. The van der Waals surface area contributed by atoms with Crippen molar-refractivity contribution in [3.8, 4) is 0 Å². The minimum Gasteiger partial charge on any atom is -0.356 e. The highest BCUT2D eigenvalue weighted by atomic mass is 127. The molecule has 2 rings (SSSR count). The summed E-state index contributed by atoms with van der Waals surface area (Å²) < 4.78 is 0. The number of nitrogens with zero attached hydrogens (tertiary/aromatic N) is 2. The van der Waals surface area contributed by atoms with E-state index in [1.54, 1.807) is 7.05 Å². The van der Waals surface area contributed by atoms with Gasteiger partial charge in [0.2, 0.25) is 5.91 Å². The van der Waals surface area contributed by atoms with Crippen LogP contribution < -0.4 is 16.0 Å². The third-order valence-electron chi connectivity index (χ3n) is 4.59. The second-order valence-corrected chi connectivity index (χ2v) is 6.28. The second kappa shape index (κ2) is 11.5. The SMILES string of the molecule is CN=C(NCCCCC1CCCC1)NCCN1C(=O)CNC1=O.I. The van der Waals surface area contributed by atoms with Crippen molar-refractivity contribution < 1.29 is 9.59 Å². The highest BCUT2D eigenvalue weighted by molar-refractivity contribution is 14.0. The molecule has 0 unspecified atom stereocenters. The van der Waals surface area contributed by atoms with Gasteiger partial charge in [-0.05, 0) is 12.3 Å². The number of amides is 3. The number of halogens is 1. The van der Waals surface area contributed by atoms with Crippen LogP contribution in [0, 0.1) is 5.92 Å². The number of imide groups is 1. The molecule has 1 saturated heterocycles. The molecule has 0 radical (unpaired) electrons. The van der Waals surface area contributed by atoms with Crippen LogP contribution in [0.3, 0.4) is 0 Å². The van der Waals surface area contributed by atoms with Crippen LogP contribution >= 0.6 is 24.0 Å². The van der Waals surface area contributed by atoms with Gasteiger partial charge in [-0.2, -0.15) is 0 Å². The molecule has 138 valence electrons. The summed E-state index contributed by atoms with van der Waals surface area (Å²) in [5.74, 6) is 1.50. The first-order chi connectivity index (χ1) is 11.2. The van der Waals surface area contributed by atoms with Gasteiger partial charge in [0.05, 0.1) is 6.54 Å². The predicted molar refractivity (Wildman–Crippen MR) is 106 cm³/mol. The number of hydrogen-bond donors (Lipinski definition) is 3. The number of carbonyl (C=O) groups excluding carboxylic acids is 2. The Bertz CT molecular complexity index is 422. The predicted octanol–water partition coefficient (Wildman–Crippen LogP) is 1.68. The quantitative estimate of drug-likeness (QED) is 0.172. The summed E-state index contributed by atoms with van der Waals surface area (Å²) in [5, 5.41) is 8.92. The molecule has 2 fully saturated rings. The van der Waals surface area contributed by atoms with Gasteiger partial charge < -0.3 is 16.0 Å². The Balaban J connectivity index is 0.00000288. The summed E-state index contributed by atoms with van der Waals surface area (Å²) in [4.78, 5) is 28.2. The zero-order valence-electron chi connectivity index (χ0n) is 14.5. The number of unbranched alkanes of at least 4 members (excludes halogenated alkanes) is 1. The van der Waals surface area contributed by atoms with E-state index in [1.165, 1.54) is 43.4 Å². The van der Waals surface area contributed by atoms with Crippen molar-refractivity contribution in [2.75, 3.05) is 33.2 Å². The summed E-state index contributed by atoms with van der Waals surface area (Å²) in [7, 11) is 1.72. The first-order valence-electron chi connectivity index (χ1n) is 8.73. The van der Waals surface area contributed by atoms with Gasteiger partial charge in [0.25, 0.3) is 0 Å². The average Bonchev–Trinajstić information content (AvgIpc) is 3.17. The van der Waals surface area contributed by atoms with Crippen molar-refractivity contribution >= 4 is 41.9 Å². The Morgan fingerprint density at radius 3 is 2.54 bits per heavy atom. The number of guanidine groups is 1. The van der Waals surface area contributed by atoms with Gasteiger partial charge in [-0.25, -0.2) is 4.79 Å². The average molecular weight is 451 g/mol. The van der Waals surface area contributed by atoms with E-state index in [0.29, 0.717) is 13.1 Å². The van der Waals surface area contributed by atoms with Crippen molar-refractivity contribution in [2.45, 2.75) is 44.9 Å². The fraction of sp³-hybridized carbons (Fsp3) is 0.812. The molecule has 0 bridgehead atoms. The van der Waals surface area contributed by atoms with Crippen LogP contribution in [0.25, 0.3) is 0 Å². The van der Waals surface area contributed by atoms with Gasteiger partial charge in [0.1, 0.15) is 0 Å². The van der Waals surface area contributed by atoms with Gasteiger partial charge >= 0.3 is 6.03 Å². The molecule has 1 aliphatic heterocycles. The van der Waals surface area contributed by atoms with Crippen LogP contribution in [0.1, 0.15) is 44.9 Å². The molecule has 0 aromatic rings. The van der Waals surface area contributed by atoms with Crippen LogP contribution in [-0.2, 0) is 4.79 Å². The van der Waals surface area contributed by atoms with E-state index >= 15 is 0 Å². The molecule has 0 spiro atoms. The van der Waals surface area contributed by atoms with Gasteiger partial charge in [0, 0.05) is 26.7 Å². The molecule has 0 atom stereocenters. The lowest BCUT2D eigenvalue weighted by molar-refractivity contribution is -0.124. The molecule has 0 aromatic heterocycles. The maximum Gasteiger partial charge on any atom is 0.324 e. The fourth-order valence-electron chi connectivity index (χ4n) is 3.25. The zero-order chi connectivity index (χ0) is 16.5. The lowest BCUT2D eigenvalue weighted by atomic mass is 10.0. The lowest BCUT2D eigenvalue weighted by Gasteiger charge is -2.15. The zero-order valence-corrected chi connectivity index (χ0v) is 16.8. The maximum atomic E-state index is 11.5. The summed E-state index contributed by atoms with van der Waals surface area (Å²) in [5.41, 5.74) is 0. The summed E-state index contributed by atoms with van der Waals surface area (Å²) >= 11 is 0. The van der Waals surface area contributed by atoms with Crippen LogP contribution in [0.4, 0.5) is 4.79 Å². The number of hydrogen-bond acceptors (Lipinski definition) is 3. The Morgan fingerprint density at radius 2 is 1.92 bits per heavy atom. The maximum absolute atomic E-state index is 11.5. The van der Waals surface area contributed by atoms with E-state index in [-0.39, 0.29) is 42.5 Å². The van der Waals surface area contributed by atoms with E-state index in [1.807, 2.05) is 0 Å². The Hall–Kier alpha value is -1.06. The van der Waals surface area contributed by atoms with E-state index in [4.69, 9.17) is 0 Å². The van der Waals surface area contributed by atoms with Crippen molar-refractivity contribution in [1.29, 1.82) is 0 Å². The molecular weight excluding hydrogens is 421 g/mol. The fourth-order valence-corrected chi connectivity index (χ4v) is 3.25. The monoisotopic (exact) mass is 451 g/mol. The van der Waals surface area contributed by atoms with Crippen molar-refractivity contribution in [3.05, 3.63) is 0 Å². The topological polar surface area (TPSA) is 85.8 Å². The molecule has 2 aliphatic rings. The van der Waals surface area contributed by atoms with Gasteiger partial charge in [-0.15, -0.1) is 24.0 Å². The third kappa shape index (κ3) is 6.82. The number of carbonyl (C=O) groups is 2. The first kappa shape index (κ1) is 21.0. The van der Waals surface area contributed by atoms with Crippen LogP contribution in [0.15, 0.2) is 4.99 Å². The standard InChI is InChI=1S/C16H29N5O2.HI/c1-17-15(18-9-5-4-8-13-6-2-3-7-13)19-10-11-21-14(22)12-20-16(21)23;/h13H,2-12H2,1H3,(H,20,23)(H2,17,18,19);1H. The Morgan fingerprint density at radius 1 is 1.21 bits per heavy atom. The number of rotatable bonds is 8. The minimum absolute atomic E-state index is 0. The van der Waals surface area contributed by atoms with Crippen LogP contribution in [0.5, 0.6) is 0 Å². The lowest BCUT2D eigenvalue weighted by Crippen LogP contribution is -2.43. The number of aliphatic imine (C=N–C) groups is 1. The van der Waals surface area contributed by atoms with Crippen molar-refractivity contribution in [2.24, 2.45) is 10.9 Å². The number of nitrogens with one attached hydrogen (secondary N) is 3.